The van der Waals surface area contributed by atoms with E-state index in [0.717, 1.165) is 21.9 Å². The maximum atomic E-state index is 13.3. The molecule has 1 atom stereocenters. The Labute approximate surface area is 205 Å². The first kappa shape index (κ1) is 24.4. The molecule has 1 saturated heterocycles. The van der Waals surface area contributed by atoms with Gasteiger partial charge in [0.2, 0.25) is 0 Å². The number of hydrogen-bond donors (Lipinski definition) is 2. The van der Waals surface area contributed by atoms with Gasteiger partial charge in [0, 0.05) is 36.6 Å². The van der Waals surface area contributed by atoms with E-state index < -0.39 is 9.84 Å². The van der Waals surface area contributed by atoms with E-state index >= 15 is 0 Å². The monoisotopic (exact) mass is 492 g/mol. The number of benzene rings is 2. The number of aryl methyl sites for hydroxylation is 1. The van der Waals surface area contributed by atoms with Crippen molar-refractivity contribution in [3.05, 3.63) is 58.3 Å². The molecule has 0 bridgehead atoms. The topological polar surface area (TPSA) is 128 Å². The number of anilines is 2. The predicted octanol–water partition coefficient (Wildman–Crippen LogP) is 3.20. The van der Waals surface area contributed by atoms with E-state index in [4.69, 9.17) is 0 Å². The molecule has 1 amide bonds. The van der Waals surface area contributed by atoms with E-state index in [1.165, 1.54) is 0 Å². The minimum atomic E-state index is -3.09. The van der Waals surface area contributed by atoms with Gasteiger partial charge in [-0.15, -0.1) is 5.10 Å². The Morgan fingerprint density at radius 1 is 1.14 bits per heavy atom. The van der Waals surface area contributed by atoms with Gasteiger partial charge in [-0.2, -0.15) is 10.4 Å². The predicted molar refractivity (Wildman–Crippen MR) is 136 cm³/mol. The maximum absolute atomic E-state index is 13.3. The standard InChI is InChI=1S/C25H28N6O3S/c1-15-18(14-26)6-5-7-19(15)16(2)28-24-21-13-23(27-4)22(12-20(21)17(3)29-30-24)25(32)31-8-10-35(33,34)11-9-31/h5-7,12-13,16,27H,8-11H2,1-4H3,(H,28,30). The molecule has 2 N–H and O–H groups in total. The smallest absolute Gasteiger partial charge is 0.256 e. The van der Waals surface area contributed by atoms with Crippen molar-refractivity contribution in [3.63, 3.8) is 0 Å². The lowest BCUT2D eigenvalue weighted by Gasteiger charge is -2.28. The van der Waals surface area contributed by atoms with Gasteiger partial charge in [-0.05, 0) is 50.1 Å². The van der Waals surface area contributed by atoms with Gasteiger partial charge >= 0.3 is 0 Å². The fourth-order valence-corrected chi connectivity index (χ4v) is 5.63. The van der Waals surface area contributed by atoms with Crippen LogP contribution in [0.2, 0.25) is 0 Å². The second-order valence-electron chi connectivity index (χ2n) is 8.77. The van der Waals surface area contributed by atoms with E-state index in [-0.39, 0.29) is 36.5 Å². The molecule has 2 heterocycles. The summed E-state index contributed by atoms with van der Waals surface area (Å²) < 4.78 is 23.6. The Balaban J connectivity index is 1.72. The zero-order valence-corrected chi connectivity index (χ0v) is 21.0. The van der Waals surface area contributed by atoms with Crippen LogP contribution in [-0.2, 0) is 9.84 Å². The molecule has 1 aliphatic heterocycles. The quantitative estimate of drug-likeness (QED) is 0.556. The summed E-state index contributed by atoms with van der Waals surface area (Å²) in [5.74, 6) is 0.308. The number of nitrogens with one attached hydrogen (secondary N) is 2. The van der Waals surface area contributed by atoms with Gasteiger partial charge in [0.25, 0.3) is 5.91 Å². The molecule has 1 unspecified atom stereocenters. The Morgan fingerprint density at radius 2 is 1.86 bits per heavy atom. The zero-order valence-electron chi connectivity index (χ0n) is 20.2. The third-order valence-electron chi connectivity index (χ3n) is 6.55. The molecule has 182 valence electrons. The van der Waals surface area contributed by atoms with Crippen molar-refractivity contribution in [2.45, 2.75) is 26.8 Å². The number of aromatic nitrogens is 2. The number of rotatable bonds is 5. The highest BCUT2D eigenvalue weighted by Crippen LogP contribution is 2.32. The molecule has 0 aliphatic carbocycles. The van der Waals surface area contributed by atoms with Gasteiger partial charge in [0.15, 0.2) is 15.7 Å². The lowest BCUT2D eigenvalue weighted by atomic mass is 9.98. The minimum Gasteiger partial charge on any atom is -0.387 e. The molecule has 0 saturated carbocycles. The van der Waals surface area contributed by atoms with E-state index in [9.17, 15) is 18.5 Å². The van der Waals surface area contributed by atoms with Crippen LogP contribution in [0.15, 0.2) is 30.3 Å². The molecular formula is C25H28N6O3S. The van der Waals surface area contributed by atoms with Gasteiger partial charge in [-0.1, -0.05) is 12.1 Å². The van der Waals surface area contributed by atoms with Crippen molar-refractivity contribution in [1.82, 2.24) is 15.1 Å². The van der Waals surface area contributed by atoms with Gasteiger partial charge in [-0.25, -0.2) is 8.42 Å². The van der Waals surface area contributed by atoms with Crippen LogP contribution in [0.3, 0.4) is 0 Å². The Bertz CT molecular complexity index is 1450. The third-order valence-corrected chi connectivity index (χ3v) is 8.16. The molecule has 1 aromatic heterocycles. The van der Waals surface area contributed by atoms with Gasteiger partial charge in [-0.3, -0.25) is 4.79 Å². The van der Waals surface area contributed by atoms with Crippen molar-refractivity contribution >= 4 is 38.0 Å². The summed E-state index contributed by atoms with van der Waals surface area (Å²) in [6, 6.07) is 11.4. The number of nitriles is 1. The summed E-state index contributed by atoms with van der Waals surface area (Å²) in [4.78, 5) is 14.9. The van der Waals surface area contributed by atoms with Crippen LogP contribution in [-0.4, -0.2) is 61.1 Å². The molecule has 0 radical (unpaired) electrons. The van der Waals surface area contributed by atoms with Crippen LogP contribution in [0.25, 0.3) is 10.8 Å². The van der Waals surface area contributed by atoms with Gasteiger partial charge < -0.3 is 15.5 Å². The highest BCUT2D eigenvalue weighted by molar-refractivity contribution is 7.91. The average Bonchev–Trinajstić information content (AvgIpc) is 2.84. The van der Waals surface area contributed by atoms with Crippen molar-refractivity contribution in [1.29, 1.82) is 5.26 Å². The molecule has 4 rings (SSSR count). The molecule has 0 spiro atoms. The van der Waals surface area contributed by atoms with Crippen molar-refractivity contribution in [2.24, 2.45) is 0 Å². The van der Waals surface area contributed by atoms with Crippen LogP contribution < -0.4 is 10.6 Å². The van der Waals surface area contributed by atoms with E-state index in [0.29, 0.717) is 28.3 Å². The Hall–Kier alpha value is -3.71. The number of hydrogen-bond acceptors (Lipinski definition) is 8. The molecule has 35 heavy (non-hydrogen) atoms. The third kappa shape index (κ3) is 4.77. The summed E-state index contributed by atoms with van der Waals surface area (Å²) in [5, 5.41) is 26.2. The summed E-state index contributed by atoms with van der Waals surface area (Å²) in [6.45, 7) is 6.12. The number of carbonyl (C=O) groups excluding carboxylic acids is 1. The van der Waals surface area contributed by atoms with E-state index in [1.54, 1.807) is 24.1 Å². The maximum Gasteiger partial charge on any atom is 0.256 e. The molecule has 10 heteroatoms. The molecule has 1 aliphatic rings. The first-order valence-electron chi connectivity index (χ1n) is 11.4. The van der Waals surface area contributed by atoms with E-state index in [1.807, 2.05) is 39.0 Å². The molecule has 1 fully saturated rings. The fourth-order valence-electron chi connectivity index (χ4n) is 4.43. The van der Waals surface area contributed by atoms with Crippen molar-refractivity contribution in [2.75, 3.05) is 42.3 Å². The second kappa shape index (κ2) is 9.50. The summed E-state index contributed by atoms with van der Waals surface area (Å²) in [7, 11) is -1.35. The second-order valence-corrected chi connectivity index (χ2v) is 11.1. The van der Waals surface area contributed by atoms with Gasteiger partial charge in [0.05, 0.1) is 40.4 Å². The highest BCUT2D eigenvalue weighted by Gasteiger charge is 2.28. The number of sulfone groups is 1. The lowest BCUT2D eigenvalue weighted by Crippen LogP contribution is -2.43. The first-order valence-corrected chi connectivity index (χ1v) is 13.2. The van der Waals surface area contributed by atoms with Crippen molar-refractivity contribution in [3.8, 4) is 6.07 Å². The van der Waals surface area contributed by atoms with Crippen LogP contribution >= 0.6 is 0 Å². The summed E-state index contributed by atoms with van der Waals surface area (Å²) >= 11 is 0. The van der Waals surface area contributed by atoms with Gasteiger partial charge in [0.1, 0.15) is 0 Å². The average molecular weight is 493 g/mol. The Kier molecular flexibility index (Phi) is 6.63. The lowest BCUT2D eigenvalue weighted by molar-refractivity contribution is 0.0771. The number of carbonyl (C=O) groups is 1. The minimum absolute atomic E-state index is 0.0237. The highest BCUT2D eigenvalue weighted by atomic mass is 32.2. The number of amides is 1. The summed E-state index contributed by atoms with van der Waals surface area (Å²) in [5.41, 5.74) is 4.29. The van der Waals surface area contributed by atoms with Crippen LogP contribution in [0.5, 0.6) is 0 Å². The normalized spacial score (nSPS) is 15.9. The molecular weight excluding hydrogens is 464 g/mol. The number of fused-ring (bicyclic) bond motifs is 1. The first-order chi connectivity index (χ1) is 16.6. The SMILES string of the molecule is CNc1cc2c(NC(C)c3cccc(C#N)c3C)nnc(C)c2cc1C(=O)N1CCS(=O)(=O)CC1. The number of nitrogens with zero attached hydrogens (tertiary/aromatic N) is 4. The van der Waals surface area contributed by atoms with Crippen LogP contribution in [0.1, 0.15) is 45.7 Å². The Morgan fingerprint density at radius 3 is 2.51 bits per heavy atom. The molecule has 9 nitrogen and oxygen atoms in total. The van der Waals surface area contributed by atoms with E-state index in [2.05, 4.69) is 26.9 Å². The van der Waals surface area contributed by atoms with Crippen molar-refractivity contribution < 1.29 is 13.2 Å². The largest absolute Gasteiger partial charge is 0.387 e. The van der Waals surface area contributed by atoms with Crippen LogP contribution in [0, 0.1) is 25.2 Å². The fraction of sp³-hybridized carbons (Fsp3) is 0.360. The molecule has 2 aromatic carbocycles. The summed E-state index contributed by atoms with van der Waals surface area (Å²) in [6.07, 6.45) is 0. The molecule has 3 aromatic rings. The zero-order chi connectivity index (χ0) is 25.3. The van der Waals surface area contributed by atoms with Crippen LogP contribution in [0.4, 0.5) is 11.5 Å².